The quantitative estimate of drug-likeness (QED) is 0.455. The van der Waals surface area contributed by atoms with Crippen LogP contribution in [0.5, 0.6) is 23.0 Å². The molecule has 2 aliphatic rings. The number of Topliss-reactive ketones (excluding diaryl/α,β-unsaturated/α-hetero) is 1. The third-order valence-electron chi connectivity index (χ3n) is 6.34. The molecule has 1 fully saturated rings. The summed E-state index contributed by atoms with van der Waals surface area (Å²) in [7, 11) is 3.12. The SMILES string of the molecule is COc1ccc(C=C2Oc3cc(OCC(=O)N4CCN(c5ccccn5)CC4)ccc3C2=O)c(OC)c1. The van der Waals surface area contributed by atoms with Crippen molar-refractivity contribution in [3.8, 4) is 23.0 Å². The van der Waals surface area contributed by atoms with Gasteiger partial charge in [0.1, 0.15) is 28.8 Å². The van der Waals surface area contributed by atoms with Gasteiger partial charge in [-0.15, -0.1) is 0 Å². The van der Waals surface area contributed by atoms with E-state index >= 15 is 0 Å². The van der Waals surface area contributed by atoms with Crippen molar-refractivity contribution in [3.63, 3.8) is 0 Å². The van der Waals surface area contributed by atoms with E-state index in [9.17, 15) is 9.59 Å². The van der Waals surface area contributed by atoms with E-state index in [1.54, 1.807) is 67.8 Å². The predicted octanol–water partition coefficient (Wildman–Crippen LogP) is 3.44. The molecule has 37 heavy (non-hydrogen) atoms. The number of pyridine rings is 1. The molecule has 1 amide bonds. The summed E-state index contributed by atoms with van der Waals surface area (Å²) in [6.07, 6.45) is 3.40. The highest BCUT2D eigenvalue weighted by Crippen LogP contribution is 2.36. The number of rotatable bonds is 7. The lowest BCUT2D eigenvalue weighted by Crippen LogP contribution is -2.50. The molecule has 0 N–H and O–H groups in total. The first-order valence-electron chi connectivity index (χ1n) is 11.9. The topological polar surface area (TPSA) is 90.4 Å². The minimum atomic E-state index is -0.235. The zero-order valence-electron chi connectivity index (χ0n) is 20.7. The Morgan fingerprint density at radius 1 is 1.00 bits per heavy atom. The van der Waals surface area contributed by atoms with Crippen molar-refractivity contribution >= 4 is 23.6 Å². The minimum Gasteiger partial charge on any atom is -0.497 e. The number of carbonyl (C=O) groups excluding carboxylic acids is 2. The van der Waals surface area contributed by atoms with Crippen molar-refractivity contribution in [1.29, 1.82) is 0 Å². The van der Waals surface area contributed by atoms with Crippen molar-refractivity contribution in [1.82, 2.24) is 9.88 Å². The van der Waals surface area contributed by atoms with Crippen LogP contribution in [-0.4, -0.2) is 68.6 Å². The maximum absolute atomic E-state index is 12.9. The van der Waals surface area contributed by atoms with Gasteiger partial charge in [-0.1, -0.05) is 6.07 Å². The summed E-state index contributed by atoms with van der Waals surface area (Å²) in [5.41, 5.74) is 1.12. The second-order valence-electron chi connectivity index (χ2n) is 8.55. The van der Waals surface area contributed by atoms with Crippen LogP contribution in [0.1, 0.15) is 15.9 Å². The van der Waals surface area contributed by atoms with Gasteiger partial charge >= 0.3 is 0 Å². The lowest BCUT2D eigenvalue weighted by atomic mass is 10.1. The smallest absolute Gasteiger partial charge is 0.260 e. The molecule has 0 spiro atoms. The molecule has 0 aliphatic carbocycles. The van der Waals surface area contributed by atoms with Crippen LogP contribution < -0.4 is 23.8 Å². The first-order valence-corrected chi connectivity index (χ1v) is 11.9. The predicted molar refractivity (Wildman–Crippen MR) is 137 cm³/mol. The molecule has 9 heteroatoms. The average Bonchev–Trinajstić information content (AvgIpc) is 3.26. The number of amides is 1. The number of anilines is 1. The molecule has 2 aliphatic heterocycles. The number of ether oxygens (including phenoxy) is 4. The summed E-state index contributed by atoms with van der Waals surface area (Å²) in [6.45, 7) is 2.53. The molecule has 9 nitrogen and oxygen atoms in total. The second kappa shape index (κ2) is 10.6. The van der Waals surface area contributed by atoms with Gasteiger partial charge in [-0.3, -0.25) is 9.59 Å². The molecule has 2 aromatic carbocycles. The lowest BCUT2D eigenvalue weighted by Gasteiger charge is -2.35. The number of methoxy groups -OCH3 is 2. The van der Waals surface area contributed by atoms with Gasteiger partial charge in [0.15, 0.2) is 12.4 Å². The Morgan fingerprint density at radius 3 is 2.54 bits per heavy atom. The molecule has 0 unspecified atom stereocenters. The van der Waals surface area contributed by atoms with Gasteiger partial charge < -0.3 is 28.7 Å². The molecule has 0 saturated carbocycles. The highest BCUT2D eigenvalue weighted by atomic mass is 16.5. The van der Waals surface area contributed by atoms with E-state index in [0.717, 1.165) is 5.82 Å². The summed E-state index contributed by atoms with van der Waals surface area (Å²) in [5, 5.41) is 0. The molecule has 0 radical (unpaired) electrons. The van der Waals surface area contributed by atoms with Crippen LogP contribution in [0.3, 0.4) is 0 Å². The van der Waals surface area contributed by atoms with Crippen LogP contribution in [-0.2, 0) is 4.79 Å². The van der Waals surface area contributed by atoms with Gasteiger partial charge in [-0.05, 0) is 42.5 Å². The highest BCUT2D eigenvalue weighted by Gasteiger charge is 2.28. The van der Waals surface area contributed by atoms with E-state index in [4.69, 9.17) is 18.9 Å². The number of carbonyl (C=O) groups is 2. The summed E-state index contributed by atoms with van der Waals surface area (Å²) >= 11 is 0. The molecule has 1 saturated heterocycles. The van der Waals surface area contributed by atoms with Gasteiger partial charge in [0.2, 0.25) is 5.78 Å². The number of hydrogen-bond acceptors (Lipinski definition) is 8. The van der Waals surface area contributed by atoms with Crippen LogP contribution in [0, 0.1) is 0 Å². The number of nitrogens with zero attached hydrogens (tertiary/aromatic N) is 3. The number of benzene rings is 2. The summed E-state index contributed by atoms with van der Waals surface area (Å²) in [5.74, 6) is 2.81. The van der Waals surface area contributed by atoms with Crippen molar-refractivity contribution < 1.29 is 28.5 Å². The van der Waals surface area contributed by atoms with E-state index < -0.39 is 0 Å². The van der Waals surface area contributed by atoms with E-state index in [-0.39, 0.29) is 24.1 Å². The first kappa shape index (κ1) is 24.2. The van der Waals surface area contributed by atoms with Crippen LogP contribution >= 0.6 is 0 Å². The van der Waals surface area contributed by atoms with Crippen LogP contribution in [0.4, 0.5) is 5.82 Å². The summed E-state index contributed by atoms with van der Waals surface area (Å²) in [6, 6.07) is 16.1. The number of aromatic nitrogens is 1. The fourth-order valence-corrected chi connectivity index (χ4v) is 4.30. The van der Waals surface area contributed by atoms with E-state index in [1.165, 1.54) is 0 Å². The van der Waals surface area contributed by atoms with Crippen molar-refractivity contribution in [2.45, 2.75) is 0 Å². The molecule has 3 heterocycles. The Hall–Kier alpha value is -4.53. The maximum atomic E-state index is 12.9. The van der Waals surface area contributed by atoms with Crippen LogP contribution in [0.15, 0.2) is 66.6 Å². The molecule has 0 bridgehead atoms. The number of allylic oxidation sites excluding steroid dienone is 1. The summed E-state index contributed by atoms with van der Waals surface area (Å²) in [4.78, 5) is 33.9. The number of ketones is 1. The fraction of sp³-hybridized carbons (Fsp3) is 0.250. The van der Waals surface area contributed by atoms with Crippen molar-refractivity contribution in [2.24, 2.45) is 0 Å². The van der Waals surface area contributed by atoms with Crippen molar-refractivity contribution in [2.75, 3.05) is 51.9 Å². The molecule has 1 aromatic heterocycles. The molecule has 0 atom stereocenters. The highest BCUT2D eigenvalue weighted by molar-refractivity contribution is 6.14. The Kier molecular flexibility index (Phi) is 6.93. The molecule has 5 rings (SSSR count). The third kappa shape index (κ3) is 5.20. The van der Waals surface area contributed by atoms with Gasteiger partial charge in [0.05, 0.1) is 19.8 Å². The van der Waals surface area contributed by atoms with Crippen molar-refractivity contribution in [3.05, 3.63) is 77.7 Å². The molecular weight excluding hydrogens is 474 g/mol. The molecule has 190 valence electrons. The van der Waals surface area contributed by atoms with E-state index in [1.807, 2.05) is 18.2 Å². The monoisotopic (exact) mass is 501 g/mol. The fourth-order valence-electron chi connectivity index (χ4n) is 4.30. The minimum absolute atomic E-state index is 0.0923. The van der Waals surface area contributed by atoms with E-state index in [2.05, 4.69) is 9.88 Å². The van der Waals surface area contributed by atoms with Gasteiger partial charge in [-0.25, -0.2) is 4.98 Å². The van der Waals surface area contributed by atoms with Gasteiger partial charge in [0.25, 0.3) is 5.91 Å². The first-order chi connectivity index (χ1) is 18.1. The summed E-state index contributed by atoms with van der Waals surface area (Å²) < 4.78 is 22.2. The maximum Gasteiger partial charge on any atom is 0.260 e. The van der Waals surface area contributed by atoms with Gasteiger partial charge in [0, 0.05) is 50.1 Å². The zero-order chi connectivity index (χ0) is 25.8. The second-order valence-corrected chi connectivity index (χ2v) is 8.55. The largest absolute Gasteiger partial charge is 0.497 e. The lowest BCUT2D eigenvalue weighted by molar-refractivity contribution is -0.133. The van der Waals surface area contributed by atoms with E-state index in [0.29, 0.717) is 60.3 Å². The Morgan fingerprint density at radius 2 is 1.81 bits per heavy atom. The Bertz CT molecular complexity index is 1330. The number of fused-ring (bicyclic) bond motifs is 1. The number of piperazine rings is 1. The zero-order valence-corrected chi connectivity index (χ0v) is 20.7. The molecule has 3 aromatic rings. The Labute approximate surface area is 214 Å². The molecular formula is C28H27N3O6. The third-order valence-corrected chi connectivity index (χ3v) is 6.34. The normalized spacial score (nSPS) is 15.8. The standard InChI is InChI=1S/C28H27N3O6/c1-34-20-7-6-19(23(16-20)35-2)15-25-28(33)22-9-8-21(17-24(22)37-25)36-18-27(32)31-13-11-30(12-14-31)26-5-3-4-10-29-26/h3-10,15-17H,11-14,18H2,1-2H3. The van der Waals surface area contributed by atoms with Crippen LogP contribution in [0.2, 0.25) is 0 Å². The average molecular weight is 502 g/mol. The van der Waals surface area contributed by atoms with Gasteiger partial charge in [-0.2, -0.15) is 0 Å². The number of hydrogen-bond donors (Lipinski definition) is 0. The Balaban J connectivity index is 1.19. The van der Waals surface area contributed by atoms with Crippen LogP contribution in [0.25, 0.3) is 6.08 Å².